The molecule has 2 rings (SSSR count). The Morgan fingerprint density at radius 3 is 2.59 bits per heavy atom. The lowest BCUT2D eigenvalue weighted by Gasteiger charge is -2.08. The summed E-state index contributed by atoms with van der Waals surface area (Å²) < 4.78 is 0. The molecule has 0 spiro atoms. The average Bonchev–Trinajstić information content (AvgIpc) is 2.29. The van der Waals surface area contributed by atoms with Gasteiger partial charge < -0.3 is 15.9 Å². The van der Waals surface area contributed by atoms with Gasteiger partial charge in [0.25, 0.3) is 0 Å². The molecule has 1 heterocycles. The fraction of sp³-hybridized carbons (Fsp3) is 0. The van der Waals surface area contributed by atoms with Crippen LogP contribution < -0.4 is 5.73 Å². The molecule has 0 unspecified atom stereocenters. The number of phenolic OH excluding ortho intramolecular Hbond substituents is 1. The zero-order chi connectivity index (χ0) is 12.4. The molecular formula is C12H10N2O3. The van der Waals surface area contributed by atoms with E-state index in [-0.39, 0.29) is 11.4 Å². The summed E-state index contributed by atoms with van der Waals surface area (Å²) in [6.45, 7) is 0. The van der Waals surface area contributed by atoms with Gasteiger partial charge in [0.15, 0.2) is 5.69 Å². The number of carbonyl (C=O) groups is 1. The number of anilines is 1. The van der Waals surface area contributed by atoms with Crippen molar-refractivity contribution in [3.63, 3.8) is 0 Å². The molecule has 0 fully saturated rings. The van der Waals surface area contributed by atoms with Crippen molar-refractivity contribution in [2.75, 3.05) is 5.73 Å². The first kappa shape index (κ1) is 10.9. The summed E-state index contributed by atoms with van der Waals surface area (Å²) in [7, 11) is 0. The summed E-state index contributed by atoms with van der Waals surface area (Å²) in [4.78, 5) is 14.8. The van der Waals surface area contributed by atoms with Gasteiger partial charge in [-0.1, -0.05) is 18.2 Å². The molecule has 0 saturated carbocycles. The van der Waals surface area contributed by atoms with Crippen molar-refractivity contribution < 1.29 is 15.0 Å². The van der Waals surface area contributed by atoms with Crippen LogP contribution in [0.5, 0.6) is 5.75 Å². The Labute approximate surface area is 97.2 Å². The van der Waals surface area contributed by atoms with Crippen LogP contribution in [-0.4, -0.2) is 21.2 Å². The van der Waals surface area contributed by atoms with E-state index < -0.39 is 5.97 Å². The molecule has 4 N–H and O–H groups in total. The van der Waals surface area contributed by atoms with Crippen molar-refractivity contribution in [1.29, 1.82) is 0 Å². The van der Waals surface area contributed by atoms with Gasteiger partial charge >= 0.3 is 5.97 Å². The van der Waals surface area contributed by atoms with Crippen LogP contribution in [0.3, 0.4) is 0 Å². The van der Waals surface area contributed by atoms with Gasteiger partial charge in [-0.05, 0) is 12.1 Å². The van der Waals surface area contributed by atoms with Gasteiger partial charge in [0.1, 0.15) is 5.75 Å². The molecule has 0 aliphatic heterocycles. The highest BCUT2D eigenvalue weighted by atomic mass is 16.4. The number of hydrogen-bond donors (Lipinski definition) is 3. The van der Waals surface area contributed by atoms with Crippen LogP contribution in [0, 0.1) is 0 Å². The molecule has 1 aromatic heterocycles. The number of benzene rings is 1. The van der Waals surface area contributed by atoms with Gasteiger partial charge in [-0.2, -0.15) is 0 Å². The number of nitrogens with zero attached hydrogens (tertiary/aromatic N) is 1. The lowest BCUT2D eigenvalue weighted by Crippen LogP contribution is -2.04. The number of aromatic carboxylic acids is 1. The average molecular weight is 230 g/mol. The number of carboxylic acid groups (broad SMARTS) is 1. The largest absolute Gasteiger partial charge is 0.507 e. The minimum Gasteiger partial charge on any atom is -0.507 e. The number of nitrogens with two attached hydrogens (primary N) is 1. The van der Waals surface area contributed by atoms with Crippen molar-refractivity contribution in [2.45, 2.75) is 0 Å². The fourth-order valence-electron chi connectivity index (χ4n) is 1.56. The normalized spacial score (nSPS) is 10.1. The second-order valence-corrected chi connectivity index (χ2v) is 3.49. The van der Waals surface area contributed by atoms with Crippen molar-refractivity contribution in [3.8, 4) is 16.9 Å². The molecule has 0 aliphatic rings. The van der Waals surface area contributed by atoms with E-state index in [2.05, 4.69) is 4.98 Å². The lowest BCUT2D eigenvalue weighted by atomic mass is 10.0. The number of aromatic hydroxyl groups is 1. The maximum Gasteiger partial charge on any atom is 0.355 e. The third-order valence-corrected chi connectivity index (χ3v) is 2.31. The number of hydrogen-bond acceptors (Lipinski definition) is 4. The Morgan fingerprint density at radius 1 is 1.24 bits per heavy atom. The second-order valence-electron chi connectivity index (χ2n) is 3.49. The second kappa shape index (κ2) is 4.13. The molecule has 86 valence electrons. The maximum absolute atomic E-state index is 11.0. The summed E-state index contributed by atoms with van der Waals surface area (Å²) in [6, 6.07) is 7.91. The summed E-state index contributed by atoms with van der Waals surface area (Å²) in [5.41, 5.74) is 6.48. The first-order valence-corrected chi connectivity index (χ1v) is 4.87. The molecule has 0 bridgehead atoms. The molecule has 5 heteroatoms. The lowest BCUT2D eigenvalue weighted by molar-refractivity contribution is 0.0691. The molecular weight excluding hydrogens is 220 g/mol. The monoisotopic (exact) mass is 230 g/mol. The molecule has 0 radical (unpaired) electrons. The van der Waals surface area contributed by atoms with Crippen LogP contribution in [0.1, 0.15) is 10.5 Å². The predicted molar refractivity (Wildman–Crippen MR) is 62.7 cm³/mol. The number of aromatic nitrogens is 1. The third-order valence-electron chi connectivity index (χ3n) is 2.31. The Kier molecular flexibility index (Phi) is 2.66. The Hall–Kier alpha value is -2.56. The molecule has 0 saturated heterocycles. The molecule has 0 amide bonds. The van der Waals surface area contributed by atoms with Crippen molar-refractivity contribution >= 4 is 11.7 Å². The molecule has 5 nitrogen and oxygen atoms in total. The summed E-state index contributed by atoms with van der Waals surface area (Å²) >= 11 is 0. The topological polar surface area (TPSA) is 96.4 Å². The number of carboxylic acids is 1. The Morgan fingerprint density at radius 2 is 1.94 bits per heavy atom. The maximum atomic E-state index is 11.0. The first-order valence-electron chi connectivity index (χ1n) is 4.87. The first-order chi connectivity index (χ1) is 8.09. The van der Waals surface area contributed by atoms with Crippen LogP contribution in [-0.2, 0) is 0 Å². The standard InChI is InChI=1S/C12H10N2O3/c13-7-5-9(11(12(16)17)14-6-7)8-3-1-2-4-10(8)15/h1-6,15H,13H2,(H,16,17). The molecule has 1 aromatic carbocycles. The SMILES string of the molecule is Nc1cnc(C(=O)O)c(-c2ccccc2O)c1. The number of pyridine rings is 1. The van der Waals surface area contributed by atoms with Crippen LogP contribution in [0.15, 0.2) is 36.5 Å². The summed E-state index contributed by atoms with van der Waals surface area (Å²) in [6.07, 6.45) is 1.27. The third kappa shape index (κ3) is 2.03. The predicted octanol–water partition coefficient (Wildman–Crippen LogP) is 1.73. The molecule has 0 aliphatic carbocycles. The van der Waals surface area contributed by atoms with Crippen molar-refractivity contribution in [2.24, 2.45) is 0 Å². The van der Waals surface area contributed by atoms with Gasteiger partial charge in [-0.15, -0.1) is 0 Å². The van der Waals surface area contributed by atoms with E-state index in [1.807, 2.05) is 0 Å². The van der Waals surface area contributed by atoms with Crippen molar-refractivity contribution in [3.05, 3.63) is 42.2 Å². The zero-order valence-corrected chi connectivity index (χ0v) is 8.79. The number of para-hydroxylation sites is 1. The number of nitrogen functional groups attached to an aromatic ring is 1. The molecule has 0 atom stereocenters. The number of phenols is 1. The van der Waals surface area contributed by atoms with Gasteiger partial charge in [0.2, 0.25) is 0 Å². The van der Waals surface area contributed by atoms with E-state index in [9.17, 15) is 9.90 Å². The van der Waals surface area contributed by atoms with E-state index in [0.717, 1.165) is 0 Å². The van der Waals surface area contributed by atoms with Crippen LogP contribution in [0.25, 0.3) is 11.1 Å². The van der Waals surface area contributed by atoms with Crippen LogP contribution in [0.2, 0.25) is 0 Å². The molecule has 17 heavy (non-hydrogen) atoms. The van der Waals surface area contributed by atoms with E-state index in [1.165, 1.54) is 18.3 Å². The van der Waals surface area contributed by atoms with E-state index in [0.29, 0.717) is 16.8 Å². The highest BCUT2D eigenvalue weighted by molar-refractivity contribution is 5.95. The van der Waals surface area contributed by atoms with Crippen molar-refractivity contribution in [1.82, 2.24) is 4.98 Å². The van der Waals surface area contributed by atoms with E-state index in [4.69, 9.17) is 10.8 Å². The zero-order valence-electron chi connectivity index (χ0n) is 8.79. The van der Waals surface area contributed by atoms with E-state index in [1.54, 1.807) is 18.2 Å². The van der Waals surface area contributed by atoms with Crippen LogP contribution >= 0.6 is 0 Å². The fourth-order valence-corrected chi connectivity index (χ4v) is 1.56. The highest BCUT2D eigenvalue weighted by Crippen LogP contribution is 2.31. The van der Waals surface area contributed by atoms with Gasteiger partial charge in [-0.25, -0.2) is 9.78 Å². The molecule has 2 aromatic rings. The summed E-state index contributed by atoms with van der Waals surface area (Å²) in [5, 5.41) is 18.7. The quantitative estimate of drug-likeness (QED) is 0.730. The van der Waals surface area contributed by atoms with Gasteiger partial charge in [-0.3, -0.25) is 0 Å². The van der Waals surface area contributed by atoms with Gasteiger partial charge in [0, 0.05) is 11.1 Å². The summed E-state index contributed by atoms with van der Waals surface area (Å²) in [5.74, 6) is -1.18. The number of rotatable bonds is 2. The minimum atomic E-state index is -1.16. The Balaban J connectivity index is 2.70. The van der Waals surface area contributed by atoms with Gasteiger partial charge in [0.05, 0.1) is 11.9 Å². The smallest absolute Gasteiger partial charge is 0.355 e. The van der Waals surface area contributed by atoms with Crippen LogP contribution in [0.4, 0.5) is 5.69 Å². The van der Waals surface area contributed by atoms with E-state index >= 15 is 0 Å². The minimum absolute atomic E-state index is 0.0117. The highest BCUT2D eigenvalue weighted by Gasteiger charge is 2.15. The Bertz CT molecular complexity index is 582.